The number of hydrogen-bond acceptors (Lipinski definition) is 1. The maximum atomic E-state index is 12.2. The van der Waals surface area contributed by atoms with Gasteiger partial charge in [-0.2, -0.15) is 0 Å². The van der Waals surface area contributed by atoms with Gasteiger partial charge in [0, 0.05) is 17.3 Å². The molecule has 92 valence electrons. The molecule has 0 aromatic heterocycles. The van der Waals surface area contributed by atoms with Gasteiger partial charge in [0.2, 0.25) is 0 Å². The third kappa shape index (κ3) is 2.71. The van der Waals surface area contributed by atoms with Gasteiger partial charge < -0.3 is 0 Å². The summed E-state index contributed by atoms with van der Waals surface area (Å²) in [5.41, 5.74) is 3.38. The molecule has 2 aromatic rings. The zero-order chi connectivity index (χ0) is 13.1. The first-order valence-corrected chi connectivity index (χ1v) is 6.05. The topological polar surface area (TPSA) is 20.3 Å². The van der Waals surface area contributed by atoms with Gasteiger partial charge in [0.25, 0.3) is 5.91 Å². The first-order valence-electron chi connectivity index (χ1n) is 5.71. The number of aryl methyl sites for hydroxylation is 2. The van der Waals surface area contributed by atoms with Crippen LogP contribution < -0.4 is 4.42 Å². The Hall–Kier alpha value is -1.80. The predicted molar refractivity (Wildman–Crippen MR) is 75.0 cm³/mol. The van der Waals surface area contributed by atoms with Gasteiger partial charge in [0.1, 0.15) is 0 Å². The van der Waals surface area contributed by atoms with Gasteiger partial charge in [-0.05, 0) is 43.7 Å². The molecule has 0 atom stereocenters. The van der Waals surface area contributed by atoms with E-state index >= 15 is 0 Å². The molecule has 2 nitrogen and oxygen atoms in total. The average molecular weight is 260 g/mol. The van der Waals surface area contributed by atoms with Crippen LogP contribution in [0.2, 0.25) is 0 Å². The normalized spacial score (nSPS) is 10.2. The van der Waals surface area contributed by atoms with E-state index in [4.69, 9.17) is 11.8 Å². The summed E-state index contributed by atoms with van der Waals surface area (Å²) >= 11 is 6.10. The fourth-order valence-corrected chi connectivity index (χ4v) is 1.96. The van der Waals surface area contributed by atoms with E-state index in [1.165, 1.54) is 0 Å². The van der Waals surface area contributed by atoms with Gasteiger partial charge >= 0.3 is 0 Å². The molecule has 18 heavy (non-hydrogen) atoms. The van der Waals surface area contributed by atoms with Crippen LogP contribution in [0.1, 0.15) is 21.5 Å². The molecular formula is C15H14ClNO. The van der Waals surface area contributed by atoms with Crippen LogP contribution in [-0.4, -0.2) is 5.91 Å². The smallest absolute Gasteiger partial charge is 0.267 e. The number of benzene rings is 2. The van der Waals surface area contributed by atoms with Crippen LogP contribution in [0.25, 0.3) is 0 Å². The number of carbonyl (C=O) groups excluding carboxylic acids is 1. The number of rotatable bonds is 2. The lowest BCUT2D eigenvalue weighted by Gasteiger charge is -2.14. The minimum absolute atomic E-state index is 0.217. The molecule has 2 aromatic carbocycles. The summed E-state index contributed by atoms with van der Waals surface area (Å²) in [4.78, 5) is 12.2. The van der Waals surface area contributed by atoms with Gasteiger partial charge in [-0.3, -0.25) is 4.79 Å². The second kappa shape index (κ2) is 5.23. The van der Waals surface area contributed by atoms with E-state index in [-0.39, 0.29) is 5.91 Å². The van der Waals surface area contributed by atoms with Gasteiger partial charge in [0.05, 0.1) is 5.69 Å². The zero-order valence-corrected chi connectivity index (χ0v) is 11.1. The first kappa shape index (κ1) is 12.7. The number of amides is 1. The molecule has 0 aliphatic carbocycles. The van der Waals surface area contributed by atoms with E-state index in [9.17, 15) is 4.79 Å². The van der Waals surface area contributed by atoms with Crippen LogP contribution in [0.4, 0.5) is 5.69 Å². The molecule has 0 saturated heterocycles. The van der Waals surface area contributed by atoms with Gasteiger partial charge in [-0.15, -0.1) is 0 Å². The largest absolute Gasteiger partial charge is 0.272 e. The minimum Gasteiger partial charge on any atom is -0.267 e. The second-order valence-corrected chi connectivity index (χ2v) is 4.63. The van der Waals surface area contributed by atoms with Gasteiger partial charge in [-0.1, -0.05) is 29.8 Å². The molecule has 0 N–H and O–H groups in total. The molecule has 0 bridgehead atoms. The van der Waals surface area contributed by atoms with E-state index in [0.717, 1.165) is 15.5 Å². The summed E-state index contributed by atoms with van der Waals surface area (Å²) in [6.07, 6.45) is 0. The lowest BCUT2D eigenvalue weighted by atomic mass is 10.1. The van der Waals surface area contributed by atoms with Crippen molar-refractivity contribution in [2.75, 3.05) is 4.42 Å². The van der Waals surface area contributed by atoms with Crippen LogP contribution in [0.15, 0.2) is 48.5 Å². The SMILES string of the molecule is Cc1cccc(C(=O)N(Cl)c2cccc(C)c2)c1. The number of anilines is 1. The fraction of sp³-hybridized carbons (Fsp3) is 0.133. The molecule has 0 spiro atoms. The Morgan fingerprint density at radius 2 is 1.61 bits per heavy atom. The maximum Gasteiger partial charge on any atom is 0.272 e. The molecule has 0 aliphatic heterocycles. The lowest BCUT2D eigenvalue weighted by molar-refractivity contribution is 0.101. The highest BCUT2D eigenvalue weighted by atomic mass is 35.5. The number of halogens is 1. The Labute approximate surface area is 112 Å². The minimum atomic E-state index is -0.217. The summed E-state index contributed by atoms with van der Waals surface area (Å²) in [7, 11) is 0. The number of nitrogens with zero attached hydrogens (tertiary/aromatic N) is 1. The Morgan fingerprint density at radius 3 is 2.22 bits per heavy atom. The van der Waals surface area contributed by atoms with Gasteiger partial charge in [-0.25, -0.2) is 4.42 Å². The maximum absolute atomic E-state index is 12.2. The van der Waals surface area contributed by atoms with E-state index in [1.807, 2.05) is 56.3 Å². The monoisotopic (exact) mass is 259 g/mol. The second-order valence-electron chi connectivity index (χ2n) is 4.29. The van der Waals surface area contributed by atoms with E-state index in [0.29, 0.717) is 11.3 Å². The van der Waals surface area contributed by atoms with Crippen molar-refractivity contribution in [1.29, 1.82) is 0 Å². The number of carbonyl (C=O) groups is 1. The molecule has 2 rings (SSSR count). The van der Waals surface area contributed by atoms with E-state index < -0.39 is 0 Å². The van der Waals surface area contributed by atoms with Crippen molar-refractivity contribution in [3.05, 3.63) is 65.2 Å². The van der Waals surface area contributed by atoms with E-state index in [1.54, 1.807) is 6.07 Å². The van der Waals surface area contributed by atoms with Gasteiger partial charge in [0.15, 0.2) is 0 Å². The Balaban J connectivity index is 2.29. The molecule has 0 heterocycles. The summed E-state index contributed by atoms with van der Waals surface area (Å²) in [6, 6.07) is 14.9. The summed E-state index contributed by atoms with van der Waals surface area (Å²) in [5, 5.41) is 0. The lowest BCUT2D eigenvalue weighted by Crippen LogP contribution is -2.20. The zero-order valence-electron chi connectivity index (χ0n) is 10.4. The Morgan fingerprint density at radius 1 is 1.00 bits per heavy atom. The Kier molecular flexibility index (Phi) is 3.68. The van der Waals surface area contributed by atoms with Crippen LogP contribution in [-0.2, 0) is 0 Å². The molecule has 0 fully saturated rings. The summed E-state index contributed by atoms with van der Waals surface area (Å²) < 4.78 is 1.15. The van der Waals surface area contributed by atoms with Crippen molar-refractivity contribution < 1.29 is 4.79 Å². The quantitative estimate of drug-likeness (QED) is 0.744. The highest BCUT2D eigenvalue weighted by Gasteiger charge is 2.15. The van der Waals surface area contributed by atoms with Crippen LogP contribution >= 0.6 is 11.8 Å². The number of hydrogen-bond donors (Lipinski definition) is 0. The van der Waals surface area contributed by atoms with E-state index in [2.05, 4.69) is 0 Å². The van der Waals surface area contributed by atoms with Crippen molar-refractivity contribution in [2.24, 2.45) is 0 Å². The average Bonchev–Trinajstić information content (AvgIpc) is 2.37. The third-order valence-electron chi connectivity index (χ3n) is 2.67. The summed E-state index contributed by atoms with van der Waals surface area (Å²) in [5.74, 6) is -0.217. The van der Waals surface area contributed by atoms with Crippen molar-refractivity contribution in [2.45, 2.75) is 13.8 Å². The van der Waals surface area contributed by atoms with Crippen molar-refractivity contribution >= 4 is 23.4 Å². The van der Waals surface area contributed by atoms with Crippen molar-refractivity contribution in [1.82, 2.24) is 0 Å². The van der Waals surface area contributed by atoms with Crippen LogP contribution in [0.5, 0.6) is 0 Å². The molecule has 0 radical (unpaired) electrons. The molecular weight excluding hydrogens is 246 g/mol. The van der Waals surface area contributed by atoms with Crippen LogP contribution in [0.3, 0.4) is 0 Å². The van der Waals surface area contributed by atoms with Crippen molar-refractivity contribution in [3.8, 4) is 0 Å². The molecule has 0 aliphatic rings. The van der Waals surface area contributed by atoms with Crippen molar-refractivity contribution in [3.63, 3.8) is 0 Å². The molecule has 0 saturated carbocycles. The standard InChI is InChI=1S/C15H14ClNO/c1-11-5-3-7-13(9-11)15(18)17(16)14-8-4-6-12(2)10-14/h3-10H,1-2H3. The highest BCUT2D eigenvalue weighted by Crippen LogP contribution is 2.21. The molecule has 0 unspecified atom stereocenters. The molecule has 1 amide bonds. The first-order chi connectivity index (χ1) is 8.58. The van der Waals surface area contributed by atoms with Crippen LogP contribution in [0, 0.1) is 13.8 Å². The molecule has 3 heteroatoms. The summed E-state index contributed by atoms with van der Waals surface area (Å²) in [6.45, 7) is 3.91. The third-order valence-corrected chi connectivity index (χ3v) is 3.02. The Bertz CT molecular complexity index is 580. The fourth-order valence-electron chi connectivity index (χ4n) is 1.76. The predicted octanol–water partition coefficient (Wildman–Crippen LogP) is 4.10. The highest BCUT2D eigenvalue weighted by molar-refractivity contribution is 6.39.